The lowest BCUT2D eigenvalue weighted by Crippen LogP contribution is -2.45. The molecule has 1 heterocycles. The van der Waals surface area contributed by atoms with E-state index in [-0.39, 0.29) is 24.3 Å². The highest BCUT2D eigenvalue weighted by Crippen LogP contribution is 2.19. The Balaban J connectivity index is 1.50. The van der Waals surface area contributed by atoms with Crippen molar-refractivity contribution in [3.05, 3.63) is 102 Å². The molecule has 0 aliphatic heterocycles. The first kappa shape index (κ1) is 27.9. The number of aryl methyl sites for hydroxylation is 1. The van der Waals surface area contributed by atoms with Crippen LogP contribution in [0.3, 0.4) is 0 Å². The summed E-state index contributed by atoms with van der Waals surface area (Å²) in [5.41, 5.74) is 4.72. The highest BCUT2D eigenvalue weighted by molar-refractivity contribution is 5.92. The van der Waals surface area contributed by atoms with Crippen LogP contribution >= 0.6 is 0 Å². The van der Waals surface area contributed by atoms with Crippen LogP contribution in [0.5, 0.6) is 0 Å². The standard InChI is InChI=1S/C31H35FN4O3/c1-23-8-14-27(15-9-23)34-31(38)36(17-5-19-39-2)22-30(37)35(21-24-10-12-26(32)13-11-24)18-16-25-20-33-29-7-4-3-6-28(25)29/h3-4,6-15,20,33H,5,16-19,21-22H2,1-2H3,(H,34,38). The number of benzene rings is 3. The van der Waals surface area contributed by atoms with Crippen molar-refractivity contribution >= 4 is 28.5 Å². The maximum absolute atomic E-state index is 13.7. The molecule has 1 aromatic heterocycles. The second kappa shape index (κ2) is 13.6. The van der Waals surface area contributed by atoms with Crippen LogP contribution < -0.4 is 5.32 Å². The molecular weight excluding hydrogens is 495 g/mol. The predicted octanol–water partition coefficient (Wildman–Crippen LogP) is 5.76. The van der Waals surface area contributed by atoms with Crippen LogP contribution in [0.1, 0.15) is 23.1 Å². The normalized spacial score (nSPS) is 10.9. The number of methoxy groups -OCH3 is 1. The van der Waals surface area contributed by atoms with Crippen LogP contribution in [0.4, 0.5) is 14.9 Å². The zero-order chi connectivity index (χ0) is 27.6. The molecule has 0 fully saturated rings. The first-order chi connectivity index (χ1) is 18.9. The summed E-state index contributed by atoms with van der Waals surface area (Å²) < 4.78 is 18.7. The summed E-state index contributed by atoms with van der Waals surface area (Å²) in [5, 5.41) is 4.02. The predicted molar refractivity (Wildman–Crippen MR) is 152 cm³/mol. The minimum Gasteiger partial charge on any atom is -0.385 e. The molecule has 4 aromatic rings. The van der Waals surface area contributed by atoms with Gasteiger partial charge in [-0.2, -0.15) is 0 Å². The molecular formula is C31H35FN4O3. The smallest absolute Gasteiger partial charge is 0.322 e. The van der Waals surface area contributed by atoms with E-state index in [4.69, 9.17) is 4.74 Å². The first-order valence-electron chi connectivity index (χ1n) is 13.1. The topological polar surface area (TPSA) is 77.7 Å². The average Bonchev–Trinajstić information content (AvgIpc) is 3.36. The van der Waals surface area contributed by atoms with E-state index in [1.54, 1.807) is 24.1 Å². The Kier molecular flexibility index (Phi) is 9.69. The molecule has 0 aliphatic carbocycles. The Bertz CT molecular complexity index is 1370. The van der Waals surface area contributed by atoms with Gasteiger partial charge in [-0.3, -0.25) is 4.79 Å². The summed E-state index contributed by atoms with van der Waals surface area (Å²) in [5.74, 6) is -0.511. The van der Waals surface area contributed by atoms with Crippen molar-refractivity contribution in [3.8, 4) is 0 Å². The SMILES string of the molecule is COCCCN(CC(=O)N(CCc1c[nH]c2ccccc12)Cc1ccc(F)cc1)C(=O)Nc1ccc(C)cc1. The third kappa shape index (κ3) is 7.91. The van der Waals surface area contributed by atoms with Crippen LogP contribution in [-0.4, -0.2) is 60.1 Å². The molecule has 8 heteroatoms. The number of halogens is 1. The molecule has 0 unspecified atom stereocenters. The summed E-state index contributed by atoms with van der Waals surface area (Å²) in [7, 11) is 1.61. The number of rotatable bonds is 12. The molecule has 0 saturated heterocycles. The number of anilines is 1. The van der Waals surface area contributed by atoms with Gasteiger partial charge in [-0.1, -0.05) is 48.0 Å². The fourth-order valence-corrected chi connectivity index (χ4v) is 4.45. The fourth-order valence-electron chi connectivity index (χ4n) is 4.45. The Labute approximate surface area is 228 Å². The molecule has 204 valence electrons. The number of aromatic amines is 1. The third-order valence-corrected chi connectivity index (χ3v) is 6.66. The van der Waals surface area contributed by atoms with Gasteiger partial charge in [0.25, 0.3) is 0 Å². The van der Waals surface area contributed by atoms with Crippen molar-refractivity contribution in [1.82, 2.24) is 14.8 Å². The van der Waals surface area contributed by atoms with Crippen molar-refractivity contribution in [3.63, 3.8) is 0 Å². The fraction of sp³-hybridized carbons (Fsp3) is 0.290. The molecule has 39 heavy (non-hydrogen) atoms. The van der Waals surface area contributed by atoms with E-state index in [1.165, 1.54) is 17.0 Å². The van der Waals surface area contributed by atoms with Gasteiger partial charge in [-0.05, 0) is 61.2 Å². The second-order valence-electron chi connectivity index (χ2n) is 9.62. The van der Waals surface area contributed by atoms with Crippen molar-refractivity contribution < 1.29 is 18.7 Å². The van der Waals surface area contributed by atoms with Crippen molar-refractivity contribution in [2.24, 2.45) is 0 Å². The van der Waals surface area contributed by atoms with E-state index in [0.717, 1.165) is 27.6 Å². The van der Waals surface area contributed by atoms with E-state index in [9.17, 15) is 14.0 Å². The van der Waals surface area contributed by atoms with E-state index in [1.807, 2.05) is 55.6 Å². The summed E-state index contributed by atoms with van der Waals surface area (Å²) in [4.78, 5) is 33.4. The summed E-state index contributed by atoms with van der Waals surface area (Å²) in [6, 6.07) is 21.4. The molecule has 0 spiro atoms. The van der Waals surface area contributed by atoms with Crippen molar-refractivity contribution in [1.29, 1.82) is 0 Å². The Morgan fingerprint density at radius 3 is 2.44 bits per heavy atom. The zero-order valence-corrected chi connectivity index (χ0v) is 22.5. The quantitative estimate of drug-likeness (QED) is 0.229. The number of hydrogen-bond donors (Lipinski definition) is 2. The van der Waals surface area contributed by atoms with Gasteiger partial charge < -0.3 is 24.8 Å². The third-order valence-electron chi connectivity index (χ3n) is 6.66. The number of carbonyl (C=O) groups is 2. The van der Waals surface area contributed by atoms with E-state index >= 15 is 0 Å². The second-order valence-corrected chi connectivity index (χ2v) is 9.62. The lowest BCUT2D eigenvalue weighted by molar-refractivity contribution is -0.132. The van der Waals surface area contributed by atoms with Gasteiger partial charge >= 0.3 is 6.03 Å². The Morgan fingerprint density at radius 2 is 1.69 bits per heavy atom. The molecule has 0 atom stereocenters. The van der Waals surface area contributed by atoms with Gasteiger partial charge in [-0.15, -0.1) is 0 Å². The van der Waals surface area contributed by atoms with Crippen LogP contribution in [0.15, 0.2) is 79.0 Å². The molecule has 3 amide bonds. The average molecular weight is 531 g/mol. The lowest BCUT2D eigenvalue weighted by Gasteiger charge is -2.28. The van der Waals surface area contributed by atoms with Gasteiger partial charge in [0.2, 0.25) is 5.91 Å². The number of hydrogen-bond acceptors (Lipinski definition) is 3. The van der Waals surface area contributed by atoms with Gasteiger partial charge in [0.1, 0.15) is 12.4 Å². The van der Waals surface area contributed by atoms with Gasteiger partial charge in [0.05, 0.1) is 0 Å². The number of urea groups is 1. The number of H-pyrrole nitrogens is 1. The zero-order valence-electron chi connectivity index (χ0n) is 22.5. The molecule has 0 radical (unpaired) electrons. The molecule has 0 saturated carbocycles. The number of amides is 3. The van der Waals surface area contributed by atoms with Gasteiger partial charge in [0.15, 0.2) is 0 Å². The van der Waals surface area contributed by atoms with Gasteiger partial charge in [0, 0.05) is 56.1 Å². The summed E-state index contributed by atoms with van der Waals surface area (Å²) in [6.45, 7) is 3.49. The van der Waals surface area contributed by atoms with E-state index in [0.29, 0.717) is 44.8 Å². The number of ether oxygens (including phenoxy) is 1. The van der Waals surface area contributed by atoms with Crippen LogP contribution in [0.2, 0.25) is 0 Å². The van der Waals surface area contributed by atoms with Crippen molar-refractivity contribution in [2.75, 3.05) is 38.7 Å². The Hall–Kier alpha value is -4.17. The largest absolute Gasteiger partial charge is 0.385 e. The number of aromatic nitrogens is 1. The lowest BCUT2D eigenvalue weighted by atomic mass is 10.1. The maximum atomic E-state index is 13.7. The van der Waals surface area contributed by atoms with Crippen LogP contribution in [0.25, 0.3) is 10.9 Å². The number of carbonyl (C=O) groups excluding carboxylic acids is 2. The van der Waals surface area contributed by atoms with Gasteiger partial charge in [-0.25, -0.2) is 9.18 Å². The summed E-state index contributed by atoms with van der Waals surface area (Å²) >= 11 is 0. The number of fused-ring (bicyclic) bond motifs is 1. The molecule has 0 bridgehead atoms. The molecule has 2 N–H and O–H groups in total. The number of nitrogens with zero attached hydrogens (tertiary/aromatic N) is 2. The van der Waals surface area contributed by atoms with E-state index in [2.05, 4.69) is 16.4 Å². The van der Waals surface area contributed by atoms with Crippen LogP contribution in [0, 0.1) is 12.7 Å². The number of nitrogens with one attached hydrogen (secondary N) is 2. The maximum Gasteiger partial charge on any atom is 0.322 e. The van der Waals surface area contributed by atoms with Crippen LogP contribution in [-0.2, 0) is 22.5 Å². The first-order valence-corrected chi connectivity index (χ1v) is 13.1. The minimum absolute atomic E-state index is 0.0868. The molecule has 7 nitrogen and oxygen atoms in total. The molecule has 4 rings (SSSR count). The highest BCUT2D eigenvalue weighted by atomic mass is 19.1. The monoisotopic (exact) mass is 530 g/mol. The minimum atomic E-state index is -0.346. The molecule has 3 aromatic carbocycles. The molecule has 0 aliphatic rings. The highest BCUT2D eigenvalue weighted by Gasteiger charge is 2.22. The van der Waals surface area contributed by atoms with E-state index < -0.39 is 0 Å². The Morgan fingerprint density at radius 1 is 0.949 bits per heavy atom. The number of para-hydroxylation sites is 1. The van der Waals surface area contributed by atoms with Crippen molar-refractivity contribution in [2.45, 2.75) is 26.3 Å². The summed E-state index contributed by atoms with van der Waals surface area (Å²) in [6.07, 6.45) is 3.20.